The van der Waals surface area contributed by atoms with Crippen LogP contribution in [0.5, 0.6) is 0 Å². The van der Waals surface area contributed by atoms with E-state index >= 15 is 0 Å². The largest absolute Gasteiger partial charge is 0.416 e. The molecule has 0 aliphatic carbocycles. The molecule has 0 radical (unpaired) electrons. The zero-order chi connectivity index (χ0) is 17.9. The topological polar surface area (TPSA) is 41.1 Å². The van der Waals surface area contributed by atoms with Crippen LogP contribution in [-0.4, -0.2) is 11.0 Å². The van der Waals surface area contributed by atoms with Gasteiger partial charge in [-0.3, -0.25) is 10.1 Å². The molecule has 0 aliphatic rings. The van der Waals surface area contributed by atoms with Crippen LogP contribution in [0, 0.1) is 0 Å². The second kappa shape index (κ2) is 7.38. The highest BCUT2D eigenvalue weighted by molar-refractivity contribution is 7.80. The van der Waals surface area contributed by atoms with E-state index in [1.165, 1.54) is 24.3 Å². The lowest BCUT2D eigenvalue weighted by Gasteiger charge is -2.13. The quantitative estimate of drug-likeness (QED) is 0.695. The molecule has 2 aromatic rings. The molecule has 1 amide bonds. The second-order valence-corrected chi connectivity index (χ2v) is 5.86. The number of hydrogen-bond donors (Lipinski definition) is 2. The first kappa shape index (κ1) is 18.5. The second-order valence-electron chi connectivity index (χ2n) is 4.61. The Labute approximate surface area is 150 Å². The highest BCUT2D eigenvalue weighted by atomic mass is 35.5. The van der Waals surface area contributed by atoms with Crippen molar-refractivity contribution in [2.45, 2.75) is 6.18 Å². The Balaban J connectivity index is 2.09. The highest BCUT2D eigenvalue weighted by Gasteiger charge is 2.31. The summed E-state index contributed by atoms with van der Waals surface area (Å²) in [7, 11) is 0. The molecule has 0 atom stereocenters. The number of nitrogens with one attached hydrogen (secondary N) is 2. The van der Waals surface area contributed by atoms with E-state index in [1.54, 1.807) is 0 Å². The van der Waals surface area contributed by atoms with Gasteiger partial charge in [-0.25, -0.2) is 0 Å². The molecule has 0 saturated heterocycles. The molecule has 2 N–H and O–H groups in total. The summed E-state index contributed by atoms with van der Waals surface area (Å²) in [5.41, 5.74) is -0.659. The minimum Gasteiger partial charge on any atom is -0.331 e. The molecule has 2 rings (SSSR count). The van der Waals surface area contributed by atoms with Crippen molar-refractivity contribution in [1.82, 2.24) is 5.32 Å². The van der Waals surface area contributed by atoms with E-state index in [9.17, 15) is 18.0 Å². The molecule has 0 heterocycles. The number of anilines is 1. The van der Waals surface area contributed by atoms with E-state index in [0.717, 1.165) is 18.2 Å². The Kier molecular flexibility index (Phi) is 5.69. The van der Waals surface area contributed by atoms with E-state index in [0.29, 0.717) is 10.6 Å². The number of carbonyl (C=O) groups is 1. The predicted molar refractivity (Wildman–Crippen MR) is 91.6 cm³/mol. The van der Waals surface area contributed by atoms with Crippen LogP contribution < -0.4 is 10.6 Å². The molecule has 0 spiro atoms. The number of rotatable bonds is 2. The van der Waals surface area contributed by atoms with Gasteiger partial charge in [-0.15, -0.1) is 0 Å². The predicted octanol–water partition coefficient (Wildman–Crippen LogP) is 5.14. The van der Waals surface area contributed by atoms with Crippen molar-refractivity contribution < 1.29 is 18.0 Å². The summed E-state index contributed by atoms with van der Waals surface area (Å²) in [5, 5.41) is 5.13. The van der Waals surface area contributed by atoms with E-state index in [1.807, 2.05) is 0 Å². The van der Waals surface area contributed by atoms with E-state index < -0.39 is 17.6 Å². The van der Waals surface area contributed by atoms with Crippen LogP contribution in [0.2, 0.25) is 10.0 Å². The maximum Gasteiger partial charge on any atom is 0.416 e. The van der Waals surface area contributed by atoms with Gasteiger partial charge in [0.15, 0.2) is 5.11 Å². The van der Waals surface area contributed by atoms with Crippen molar-refractivity contribution >= 4 is 52.1 Å². The molecular weight excluding hydrogens is 384 g/mol. The van der Waals surface area contributed by atoms with Crippen LogP contribution in [-0.2, 0) is 6.18 Å². The zero-order valence-electron chi connectivity index (χ0n) is 11.7. The molecular formula is C15H9Cl2F3N2OS. The molecule has 0 unspecified atom stereocenters. The van der Waals surface area contributed by atoms with Gasteiger partial charge in [-0.2, -0.15) is 13.2 Å². The van der Waals surface area contributed by atoms with Gasteiger partial charge in [-0.05, 0) is 54.7 Å². The SMILES string of the molecule is O=C(NC(=S)Nc1cc(C(F)(F)F)ccc1Cl)c1ccc(Cl)cc1. The van der Waals surface area contributed by atoms with Crippen molar-refractivity contribution in [2.24, 2.45) is 0 Å². The molecule has 0 bridgehead atoms. The fourth-order valence-corrected chi connectivity index (χ4v) is 2.22. The number of halogens is 5. The summed E-state index contributed by atoms with van der Waals surface area (Å²) in [6.45, 7) is 0. The molecule has 0 saturated carbocycles. The van der Waals surface area contributed by atoms with Crippen LogP contribution in [0.15, 0.2) is 42.5 Å². The molecule has 9 heteroatoms. The molecule has 126 valence electrons. The standard InChI is InChI=1S/C15H9Cl2F3N2OS/c16-10-4-1-8(2-5-10)13(23)22-14(24)21-12-7-9(15(18,19)20)3-6-11(12)17/h1-7H,(H2,21,22,23,24). The van der Waals surface area contributed by atoms with Crippen molar-refractivity contribution in [3.8, 4) is 0 Å². The van der Waals surface area contributed by atoms with Crippen LogP contribution in [0.25, 0.3) is 0 Å². The van der Waals surface area contributed by atoms with Gasteiger partial charge < -0.3 is 5.32 Å². The Morgan fingerprint density at radius 2 is 1.67 bits per heavy atom. The number of alkyl halides is 3. The number of hydrogen-bond acceptors (Lipinski definition) is 2. The lowest BCUT2D eigenvalue weighted by molar-refractivity contribution is -0.137. The number of carbonyl (C=O) groups excluding carboxylic acids is 1. The average molecular weight is 393 g/mol. The van der Waals surface area contributed by atoms with Gasteiger partial charge in [0.05, 0.1) is 16.3 Å². The third-order valence-corrected chi connectivity index (χ3v) is 3.66. The number of amides is 1. The maximum absolute atomic E-state index is 12.7. The number of benzene rings is 2. The van der Waals surface area contributed by atoms with Gasteiger partial charge in [0.2, 0.25) is 0 Å². The summed E-state index contributed by atoms with van der Waals surface area (Å²) in [5.74, 6) is -0.535. The first-order valence-electron chi connectivity index (χ1n) is 6.41. The normalized spacial score (nSPS) is 11.0. The monoisotopic (exact) mass is 392 g/mol. The van der Waals surface area contributed by atoms with Gasteiger partial charge >= 0.3 is 6.18 Å². The third kappa shape index (κ3) is 4.83. The van der Waals surface area contributed by atoms with E-state index in [2.05, 4.69) is 10.6 Å². The zero-order valence-corrected chi connectivity index (χ0v) is 14.1. The molecule has 3 nitrogen and oxygen atoms in total. The average Bonchev–Trinajstić information content (AvgIpc) is 2.48. The summed E-state index contributed by atoms with van der Waals surface area (Å²) < 4.78 is 38.2. The fraction of sp³-hybridized carbons (Fsp3) is 0.0667. The summed E-state index contributed by atoms with van der Waals surface area (Å²) in [4.78, 5) is 12.0. The minimum absolute atomic E-state index is 0.0334. The maximum atomic E-state index is 12.7. The van der Waals surface area contributed by atoms with Crippen molar-refractivity contribution in [3.05, 3.63) is 63.6 Å². The van der Waals surface area contributed by atoms with Crippen molar-refractivity contribution in [2.75, 3.05) is 5.32 Å². The molecule has 0 aromatic heterocycles. The molecule has 24 heavy (non-hydrogen) atoms. The van der Waals surface area contributed by atoms with Crippen LogP contribution >= 0.6 is 35.4 Å². The fourth-order valence-electron chi connectivity index (χ4n) is 1.73. The number of thiocarbonyl (C=S) groups is 1. The summed E-state index contributed by atoms with van der Waals surface area (Å²) in [6, 6.07) is 8.77. The molecule has 0 aliphatic heterocycles. The summed E-state index contributed by atoms with van der Waals surface area (Å²) in [6.07, 6.45) is -4.52. The molecule has 2 aromatic carbocycles. The lowest BCUT2D eigenvalue weighted by Crippen LogP contribution is -2.34. The van der Waals surface area contributed by atoms with Gasteiger partial charge in [0.25, 0.3) is 5.91 Å². The van der Waals surface area contributed by atoms with Crippen molar-refractivity contribution in [1.29, 1.82) is 0 Å². The van der Waals surface area contributed by atoms with E-state index in [4.69, 9.17) is 35.4 Å². The van der Waals surface area contributed by atoms with E-state index in [-0.39, 0.29) is 15.8 Å². The first-order valence-corrected chi connectivity index (χ1v) is 7.58. The van der Waals surface area contributed by atoms with Gasteiger partial charge in [0, 0.05) is 10.6 Å². The van der Waals surface area contributed by atoms with Crippen LogP contribution in [0.1, 0.15) is 15.9 Å². The third-order valence-electron chi connectivity index (χ3n) is 2.88. The Hall–Kier alpha value is -1.83. The summed E-state index contributed by atoms with van der Waals surface area (Å²) >= 11 is 16.5. The Morgan fingerprint density at radius 3 is 2.25 bits per heavy atom. The molecule has 0 fully saturated rings. The smallest absolute Gasteiger partial charge is 0.331 e. The first-order chi connectivity index (χ1) is 11.2. The highest BCUT2D eigenvalue weighted by Crippen LogP contribution is 2.33. The Bertz CT molecular complexity index is 779. The van der Waals surface area contributed by atoms with Crippen molar-refractivity contribution in [3.63, 3.8) is 0 Å². The van der Waals surface area contributed by atoms with Crippen LogP contribution in [0.3, 0.4) is 0 Å². The Morgan fingerprint density at radius 1 is 1.04 bits per heavy atom. The van der Waals surface area contributed by atoms with Crippen LogP contribution in [0.4, 0.5) is 18.9 Å². The lowest BCUT2D eigenvalue weighted by atomic mass is 10.2. The minimum atomic E-state index is -4.52. The van der Waals surface area contributed by atoms with Gasteiger partial charge in [-0.1, -0.05) is 23.2 Å². The van der Waals surface area contributed by atoms with Gasteiger partial charge in [0.1, 0.15) is 0 Å².